The average Bonchev–Trinajstić information content (AvgIpc) is 2.39. The van der Waals surface area contributed by atoms with E-state index < -0.39 is 15.3 Å². The lowest BCUT2D eigenvalue weighted by atomic mass is 9.55. The van der Waals surface area contributed by atoms with Gasteiger partial charge in [0, 0.05) is 30.2 Å². The zero-order chi connectivity index (χ0) is 16.8. The van der Waals surface area contributed by atoms with Gasteiger partial charge >= 0.3 is 0 Å². The SMILES string of the molecule is CC1(C)C(=O)C(C#N)=C[C@@]2(C)CN(CCS(C)(=O)=O)CC[C@H]12. The summed E-state index contributed by atoms with van der Waals surface area (Å²) in [6.45, 7) is 7.92. The van der Waals surface area contributed by atoms with Gasteiger partial charge in [0.05, 0.1) is 11.3 Å². The molecule has 2 rings (SSSR count). The first kappa shape index (κ1) is 17.2. The van der Waals surface area contributed by atoms with E-state index >= 15 is 0 Å². The Morgan fingerprint density at radius 1 is 1.41 bits per heavy atom. The highest BCUT2D eigenvalue weighted by Gasteiger charge is 2.53. The van der Waals surface area contributed by atoms with E-state index in [2.05, 4.69) is 11.8 Å². The van der Waals surface area contributed by atoms with Crippen molar-refractivity contribution in [3.8, 4) is 6.07 Å². The molecule has 6 heteroatoms. The molecule has 0 aromatic rings. The molecule has 0 aromatic heterocycles. The van der Waals surface area contributed by atoms with Crippen LogP contribution >= 0.6 is 0 Å². The Hall–Kier alpha value is -1.19. The van der Waals surface area contributed by atoms with E-state index in [9.17, 15) is 18.5 Å². The summed E-state index contributed by atoms with van der Waals surface area (Å²) >= 11 is 0. The summed E-state index contributed by atoms with van der Waals surface area (Å²) in [5.41, 5.74) is -0.566. The van der Waals surface area contributed by atoms with Gasteiger partial charge in [-0.05, 0) is 18.9 Å². The number of rotatable bonds is 3. The molecule has 1 fully saturated rings. The second-order valence-electron chi connectivity index (χ2n) is 7.47. The number of nitrogens with zero attached hydrogens (tertiary/aromatic N) is 2. The van der Waals surface area contributed by atoms with Crippen LogP contribution in [0, 0.1) is 28.1 Å². The minimum atomic E-state index is -2.98. The minimum absolute atomic E-state index is 0.0675. The molecule has 0 amide bonds. The average molecular weight is 324 g/mol. The second kappa shape index (κ2) is 5.47. The van der Waals surface area contributed by atoms with Crippen molar-refractivity contribution in [2.45, 2.75) is 27.2 Å². The number of nitriles is 1. The first-order chi connectivity index (χ1) is 9.99. The molecule has 1 aliphatic heterocycles. The molecular weight excluding hydrogens is 300 g/mol. The van der Waals surface area contributed by atoms with Crippen LogP contribution in [-0.2, 0) is 14.6 Å². The molecule has 0 radical (unpaired) electrons. The number of hydrogen-bond donors (Lipinski definition) is 0. The van der Waals surface area contributed by atoms with Crippen LogP contribution in [-0.4, -0.2) is 50.7 Å². The lowest BCUT2D eigenvalue weighted by Gasteiger charge is -2.53. The fourth-order valence-electron chi connectivity index (χ4n) is 4.11. The van der Waals surface area contributed by atoms with E-state index in [1.807, 2.05) is 26.0 Å². The van der Waals surface area contributed by atoms with E-state index in [0.717, 1.165) is 13.0 Å². The van der Waals surface area contributed by atoms with Crippen molar-refractivity contribution in [2.24, 2.45) is 16.7 Å². The van der Waals surface area contributed by atoms with Crippen molar-refractivity contribution in [1.82, 2.24) is 4.90 Å². The highest BCUT2D eigenvalue weighted by Crippen LogP contribution is 2.51. The van der Waals surface area contributed by atoms with E-state index in [0.29, 0.717) is 13.1 Å². The maximum atomic E-state index is 12.4. The Balaban J connectivity index is 2.26. The molecule has 5 nitrogen and oxygen atoms in total. The van der Waals surface area contributed by atoms with Gasteiger partial charge in [-0.1, -0.05) is 26.8 Å². The first-order valence-electron chi connectivity index (χ1n) is 7.57. The molecule has 1 heterocycles. The van der Waals surface area contributed by atoms with Gasteiger partial charge in [-0.3, -0.25) is 4.79 Å². The molecule has 0 saturated carbocycles. The molecule has 2 aliphatic rings. The number of fused-ring (bicyclic) bond motifs is 1. The van der Waals surface area contributed by atoms with Crippen molar-refractivity contribution in [1.29, 1.82) is 5.26 Å². The summed E-state index contributed by atoms with van der Waals surface area (Å²) in [6.07, 6.45) is 3.91. The van der Waals surface area contributed by atoms with E-state index in [1.165, 1.54) is 6.26 Å². The van der Waals surface area contributed by atoms with Gasteiger partial charge in [0.25, 0.3) is 0 Å². The zero-order valence-electron chi connectivity index (χ0n) is 13.7. The van der Waals surface area contributed by atoms with Crippen LogP contribution in [0.25, 0.3) is 0 Å². The number of likely N-dealkylation sites (tertiary alicyclic amines) is 1. The quantitative estimate of drug-likeness (QED) is 0.784. The molecule has 22 heavy (non-hydrogen) atoms. The van der Waals surface area contributed by atoms with Crippen LogP contribution < -0.4 is 0 Å². The summed E-state index contributed by atoms with van der Waals surface area (Å²) in [4.78, 5) is 14.6. The van der Waals surface area contributed by atoms with Crippen molar-refractivity contribution >= 4 is 15.6 Å². The number of carbonyl (C=O) groups excluding carboxylic acids is 1. The molecule has 0 aromatic carbocycles. The molecular formula is C16H24N2O3S. The number of carbonyl (C=O) groups is 1. The molecule has 2 atom stereocenters. The van der Waals surface area contributed by atoms with Crippen molar-refractivity contribution < 1.29 is 13.2 Å². The monoisotopic (exact) mass is 324 g/mol. The van der Waals surface area contributed by atoms with Gasteiger partial charge in [-0.2, -0.15) is 5.26 Å². The Bertz CT molecular complexity index is 657. The van der Waals surface area contributed by atoms with Crippen LogP contribution in [0.15, 0.2) is 11.6 Å². The zero-order valence-corrected chi connectivity index (χ0v) is 14.5. The second-order valence-corrected chi connectivity index (χ2v) is 9.73. The van der Waals surface area contributed by atoms with Gasteiger partial charge in [0.15, 0.2) is 5.78 Å². The standard InChI is InChI=1S/C16H24N2O3S/c1-15(2)13-5-6-18(7-8-22(4,20)21)11-16(13,3)9-12(10-17)14(15)19/h9,13H,5-8,11H2,1-4H3/t13-,16+/m1/s1. The number of allylic oxidation sites excluding steroid dienone is 1. The summed E-state index contributed by atoms with van der Waals surface area (Å²) < 4.78 is 22.7. The Morgan fingerprint density at radius 3 is 2.59 bits per heavy atom. The summed E-state index contributed by atoms with van der Waals surface area (Å²) in [7, 11) is -2.98. The normalized spacial score (nSPS) is 32.0. The maximum Gasteiger partial charge on any atom is 0.178 e. The third-order valence-electron chi connectivity index (χ3n) is 5.17. The predicted octanol–water partition coefficient (Wildman–Crippen LogP) is 1.42. The van der Waals surface area contributed by atoms with Crippen molar-refractivity contribution in [2.75, 3.05) is 31.6 Å². The van der Waals surface area contributed by atoms with E-state index in [-0.39, 0.29) is 28.4 Å². The molecule has 122 valence electrons. The summed E-state index contributed by atoms with van der Waals surface area (Å²) in [5.74, 6) is 0.256. The number of ketones is 1. The van der Waals surface area contributed by atoms with Gasteiger partial charge < -0.3 is 4.90 Å². The molecule has 0 N–H and O–H groups in total. The molecule has 1 saturated heterocycles. The van der Waals surface area contributed by atoms with Crippen LogP contribution in [0.4, 0.5) is 0 Å². The Kier molecular flexibility index (Phi) is 4.27. The Labute approximate surface area is 132 Å². The summed E-state index contributed by atoms with van der Waals surface area (Å²) in [5, 5.41) is 9.24. The Morgan fingerprint density at radius 2 is 2.05 bits per heavy atom. The first-order valence-corrected chi connectivity index (χ1v) is 9.63. The van der Waals surface area contributed by atoms with E-state index in [4.69, 9.17) is 0 Å². The van der Waals surface area contributed by atoms with Gasteiger partial charge in [0.2, 0.25) is 0 Å². The lowest BCUT2D eigenvalue weighted by molar-refractivity contribution is -0.132. The fourth-order valence-corrected chi connectivity index (χ4v) is 4.70. The highest BCUT2D eigenvalue weighted by molar-refractivity contribution is 7.90. The van der Waals surface area contributed by atoms with Crippen LogP contribution in [0.1, 0.15) is 27.2 Å². The molecule has 1 aliphatic carbocycles. The van der Waals surface area contributed by atoms with Crippen LogP contribution in [0.5, 0.6) is 0 Å². The minimum Gasteiger partial charge on any atom is -0.301 e. The third kappa shape index (κ3) is 3.11. The topological polar surface area (TPSA) is 78.2 Å². The van der Waals surface area contributed by atoms with Gasteiger partial charge in [-0.15, -0.1) is 0 Å². The molecule has 0 unspecified atom stereocenters. The van der Waals surface area contributed by atoms with Crippen LogP contribution in [0.3, 0.4) is 0 Å². The highest BCUT2D eigenvalue weighted by atomic mass is 32.2. The predicted molar refractivity (Wildman–Crippen MR) is 84.8 cm³/mol. The number of hydrogen-bond acceptors (Lipinski definition) is 5. The lowest BCUT2D eigenvalue weighted by Crippen LogP contribution is -2.56. The van der Waals surface area contributed by atoms with Crippen molar-refractivity contribution in [3.63, 3.8) is 0 Å². The smallest absolute Gasteiger partial charge is 0.178 e. The largest absolute Gasteiger partial charge is 0.301 e. The van der Waals surface area contributed by atoms with E-state index in [1.54, 1.807) is 0 Å². The summed E-state index contributed by atoms with van der Waals surface area (Å²) in [6, 6.07) is 2.04. The number of Topliss-reactive ketones (excluding diaryl/α,β-unsaturated/α-hetero) is 1. The third-order valence-corrected chi connectivity index (χ3v) is 6.09. The van der Waals surface area contributed by atoms with Gasteiger partial charge in [-0.25, -0.2) is 8.42 Å². The molecule has 0 spiro atoms. The van der Waals surface area contributed by atoms with Gasteiger partial charge in [0.1, 0.15) is 15.9 Å². The number of piperidine rings is 1. The number of sulfone groups is 1. The maximum absolute atomic E-state index is 12.4. The molecule has 0 bridgehead atoms. The fraction of sp³-hybridized carbons (Fsp3) is 0.750. The van der Waals surface area contributed by atoms with Crippen LogP contribution in [0.2, 0.25) is 0 Å². The van der Waals surface area contributed by atoms with Crippen molar-refractivity contribution in [3.05, 3.63) is 11.6 Å².